The Hall–Kier alpha value is -2.71. The molecule has 138 valence electrons. The maximum Gasteiger partial charge on any atom is 0.338 e. The van der Waals surface area contributed by atoms with Crippen molar-refractivity contribution in [2.24, 2.45) is 4.99 Å². The fourth-order valence-electron chi connectivity index (χ4n) is 3.01. The van der Waals surface area contributed by atoms with E-state index in [9.17, 15) is 9.59 Å². The number of carbonyl (C=O) groups is 1. The molecule has 1 aliphatic heterocycles. The molecule has 4 rings (SSSR count). The van der Waals surface area contributed by atoms with Crippen molar-refractivity contribution in [2.45, 2.75) is 19.9 Å². The number of rotatable bonds is 4. The molecule has 3 aromatic heterocycles. The lowest BCUT2D eigenvalue weighted by Crippen LogP contribution is -2.39. The topological polar surface area (TPSA) is 73.8 Å². The number of thiophene rings is 1. The Kier molecular flexibility index (Phi) is 4.67. The maximum atomic E-state index is 13.1. The first kappa shape index (κ1) is 17.7. The molecule has 0 fully saturated rings. The number of esters is 1. The molecule has 0 aliphatic carbocycles. The van der Waals surface area contributed by atoms with Crippen LogP contribution in [0.15, 0.2) is 61.4 Å². The quantitative estimate of drug-likeness (QED) is 0.631. The molecule has 6 nitrogen and oxygen atoms in total. The molecule has 3 aromatic rings. The largest absolute Gasteiger partial charge is 0.467 e. The third kappa shape index (κ3) is 3.11. The van der Waals surface area contributed by atoms with Crippen molar-refractivity contribution in [1.29, 1.82) is 0 Å². The number of hydrogen-bond donors (Lipinski definition) is 0. The molecule has 0 amide bonds. The normalized spacial score (nSPS) is 17.0. The van der Waals surface area contributed by atoms with Gasteiger partial charge in [-0.05, 0) is 43.5 Å². The summed E-state index contributed by atoms with van der Waals surface area (Å²) < 4.78 is 12.8. The number of thiazole rings is 1. The van der Waals surface area contributed by atoms with Crippen LogP contribution in [0.25, 0.3) is 6.08 Å². The molecule has 0 saturated heterocycles. The van der Waals surface area contributed by atoms with Gasteiger partial charge in [-0.25, -0.2) is 9.79 Å². The van der Waals surface area contributed by atoms with Crippen LogP contribution in [0.3, 0.4) is 0 Å². The molecule has 0 saturated carbocycles. The highest BCUT2D eigenvalue weighted by atomic mass is 32.1. The van der Waals surface area contributed by atoms with E-state index in [1.165, 1.54) is 22.2 Å². The van der Waals surface area contributed by atoms with Crippen LogP contribution in [0.1, 0.15) is 30.5 Å². The average Bonchev–Trinajstić information content (AvgIpc) is 3.38. The average molecular weight is 400 g/mol. The van der Waals surface area contributed by atoms with Crippen molar-refractivity contribution in [3.05, 3.63) is 77.5 Å². The van der Waals surface area contributed by atoms with Gasteiger partial charge in [0.15, 0.2) is 4.80 Å². The van der Waals surface area contributed by atoms with E-state index in [1.54, 1.807) is 37.3 Å². The number of aromatic nitrogens is 1. The summed E-state index contributed by atoms with van der Waals surface area (Å²) in [6, 6.07) is 6.67. The molecule has 1 aliphatic rings. The minimum absolute atomic E-state index is 0.206. The summed E-state index contributed by atoms with van der Waals surface area (Å²) in [7, 11) is 0. The number of allylic oxidation sites excluding steroid dienone is 1. The number of ether oxygens (including phenoxy) is 1. The SMILES string of the molecule is CCOC(=O)C1=C(C)N=c2s/c(=C\c3cccs3)c(=O)n2C1c1ccco1. The predicted octanol–water partition coefficient (Wildman–Crippen LogP) is 2.45. The van der Waals surface area contributed by atoms with Gasteiger partial charge in [-0.1, -0.05) is 17.4 Å². The van der Waals surface area contributed by atoms with Gasteiger partial charge in [0, 0.05) is 4.88 Å². The summed E-state index contributed by atoms with van der Waals surface area (Å²) in [5.74, 6) is 0.00353. The molecular formula is C19H16N2O4S2. The van der Waals surface area contributed by atoms with Gasteiger partial charge in [0.25, 0.3) is 5.56 Å². The third-order valence-corrected chi connectivity index (χ3v) is 5.95. The van der Waals surface area contributed by atoms with Gasteiger partial charge in [-0.15, -0.1) is 11.3 Å². The molecular weight excluding hydrogens is 384 g/mol. The van der Waals surface area contributed by atoms with Crippen LogP contribution in [-0.2, 0) is 9.53 Å². The number of carbonyl (C=O) groups excluding carboxylic acids is 1. The molecule has 0 aromatic carbocycles. The van der Waals surface area contributed by atoms with Crippen LogP contribution < -0.4 is 14.9 Å². The van der Waals surface area contributed by atoms with Gasteiger partial charge in [-0.3, -0.25) is 9.36 Å². The van der Waals surface area contributed by atoms with E-state index in [2.05, 4.69) is 4.99 Å². The van der Waals surface area contributed by atoms with Crippen molar-refractivity contribution in [1.82, 2.24) is 4.57 Å². The fourth-order valence-corrected chi connectivity index (χ4v) is 4.78. The summed E-state index contributed by atoms with van der Waals surface area (Å²) in [5.41, 5.74) is 0.642. The molecule has 0 radical (unpaired) electrons. The molecule has 0 spiro atoms. The Morgan fingerprint density at radius 3 is 2.93 bits per heavy atom. The lowest BCUT2D eigenvalue weighted by Gasteiger charge is -2.22. The zero-order valence-electron chi connectivity index (χ0n) is 14.7. The Labute approximate surface area is 162 Å². The first-order valence-corrected chi connectivity index (χ1v) is 10.1. The first-order valence-electron chi connectivity index (χ1n) is 8.36. The van der Waals surface area contributed by atoms with Gasteiger partial charge in [0.05, 0.1) is 28.7 Å². The Bertz CT molecular complexity index is 1180. The van der Waals surface area contributed by atoms with Gasteiger partial charge in [0.1, 0.15) is 11.8 Å². The van der Waals surface area contributed by atoms with Crippen LogP contribution in [0.5, 0.6) is 0 Å². The summed E-state index contributed by atoms with van der Waals surface area (Å²) in [6.07, 6.45) is 3.37. The van der Waals surface area contributed by atoms with E-state index in [0.717, 1.165) is 4.88 Å². The van der Waals surface area contributed by atoms with Crippen molar-refractivity contribution >= 4 is 34.7 Å². The number of hydrogen-bond acceptors (Lipinski definition) is 7. The van der Waals surface area contributed by atoms with Crippen molar-refractivity contribution in [3.8, 4) is 0 Å². The first-order chi connectivity index (χ1) is 13.1. The van der Waals surface area contributed by atoms with Crippen molar-refractivity contribution < 1.29 is 13.9 Å². The minimum Gasteiger partial charge on any atom is -0.467 e. The Morgan fingerprint density at radius 1 is 1.41 bits per heavy atom. The second-order valence-electron chi connectivity index (χ2n) is 5.83. The smallest absolute Gasteiger partial charge is 0.338 e. The van der Waals surface area contributed by atoms with E-state index in [-0.39, 0.29) is 12.2 Å². The Balaban J connectivity index is 1.96. The van der Waals surface area contributed by atoms with E-state index in [4.69, 9.17) is 9.15 Å². The summed E-state index contributed by atoms with van der Waals surface area (Å²) >= 11 is 2.85. The zero-order chi connectivity index (χ0) is 19.0. The molecule has 27 heavy (non-hydrogen) atoms. The standard InChI is InChI=1S/C19H16N2O4S2/c1-3-24-18(23)15-11(2)20-19-21(16(15)13-7-4-8-25-13)17(22)14(27-19)10-12-6-5-9-26-12/h4-10,16H,3H2,1-2H3/b14-10-. The maximum absolute atomic E-state index is 13.1. The summed E-state index contributed by atoms with van der Waals surface area (Å²) in [6.45, 7) is 3.73. The lowest BCUT2D eigenvalue weighted by atomic mass is 10.0. The third-order valence-electron chi connectivity index (χ3n) is 4.15. The molecule has 1 atom stereocenters. The number of furan rings is 1. The second-order valence-corrected chi connectivity index (χ2v) is 7.82. The highest BCUT2D eigenvalue weighted by Crippen LogP contribution is 2.30. The van der Waals surface area contributed by atoms with Crippen LogP contribution in [0.4, 0.5) is 0 Å². The lowest BCUT2D eigenvalue weighted by molar-refractivity contribution is -0.139. The van der Waals surface area contributed by atoms with E-state index < -0.39 is 12.0 Å². The van der Waals surface area contributed by atoms with Gasteiger partial charge < -0.3 is 9.15 Å². The monoisotopic (exact) mass is 400 g/mol. The van der Waals surface area contributed by atoms with E-state index in [0.29, 0.717) is 26.4 Å². The van der Waals surface area contributed by atoms with Crippen LogP contribution in [0, 0.1) is 0 Å². The highest BCUT2D eigenvalue weighted by molar-refractivity contribution is 7.11. The van der Waals surface area contributed by atoms with Crippen molar-refractivity contribution in [3.63, 3.8) is 0 Å². The van der Waals surface area contributed by atoms with Gasteiger partial charge in [-0.2, -0.15) is 0 Å². The molecule has 0 bridgehead atoms. The zero-order valence-corrected chi connectivity index (χ0v) is 16.3. The second kappa shape index (κ2) is 7.13. The van der Waals surface area contributed by atoms with Gasteiger partial charge >= 0.3 is 5.97 Å². The molecule has 1 unspecified atom stereocenters. The predicted molar refractivity (Wildman–Crippen MR) is 103 cm³/mol. The van der Waals surface area contributed by atoms with Gasteiger partial charge in [0.2, 0.25) is 0 Å². The van der Waals surface area contributed by atoms with E-state index in [1.807, 2.05) is 23.6 Å². The van der Waals surface area contributed by atoms with Crippen LogP contribution in [-0.4, -0.2) is 17.1 Å². The molecule has 0 N–H and O–H groups in total. The van der Waals surface area contributed by atoms with Crippen LogP contribution in [0.2, 0.25) is 0 Å². The molecule has 8 heteroatoms. The minimum atomic E-state index is -0.694. The fraction of sp³-hybridized carbons (Fsp3) is 0.211. The van der Waals surface area contributed by atoms with Crippen LogP contribution >= 0.6 is 22.7 Å². The van der Waals surface area contributed by atoms with Crippen molar-refractivity contribution in [2.75, 3.05) is 6.61 Å². The van der Waals surface area contributed by atoms with E-state index >= 15 is 0 Å². The highest BCUT2D eigenvalue weighted by Gasteiger charge is 2.34. The summed E-state index contributed by atoms with van der Waals surface area (Å²) in [5, 5.41) is 1.96. The molecule has 4 heterocycles. The summed E-state index contributed by atoms with van der Waals surface area (Å²) in [4.78, 5) is 31.8. The number of fused-ring (bicyclic) bond motifs is 1. The Morgan fingerprint density at radius 2 is 2.26 bits per heavy atom. The number of nitrogens with zero attached hydrogens (tertiary/aromatic N) is 2.